The molecule has 1 aliphatic rings. The highest BCUT2D eigenvalue weighted by Crippen LogP contribution is 2.59. The number of carboxylic acids is 1. The minimum Gasteiger partial charge on any atom is -0.496 e. The molecule has 0 radical (unpaired) electrons. The minimum absolute atomic E-state index is 0.127. The third-order valence-corrected chi connectivity index (χ3v) is 4.34. The van der Waals surface area contributed by atoms with Gasteiger partial charge < -0.3 is 14.7 Å². The predicted octanol–water partition coefficient (Wildman–Crippen LogP) is 2.01. The van der Waals surface area contributed by atoms with Gasteiger partial charge in [-0.05, 0) is 11.5 Å². The number of amides is 1. The van der Waals surface area contributed by atoms with Gasteiger partial charge >= 0.3 is 5.97 Å². The van der Waals surface area contributed by atoms with Gasteiger partial charge in [0.05, 0.1) is 18.9 Å². The topological polar surface area (TPSA) is 66.8 Å². The molecule has 0 aliphatic heterocycles. The number of hydrogen-bond acceptors (Lipinski definition) is 3. The Bertz CT molecular complexity index is 567. The van der Waals surface area contributed by atoms with Gasteiger partial charge in [0, 0.05) is 19.2 Å². The van der Waals surface area contributed by atoms with Gasteiger partial charge in [0.1, 0.15) is 5.75 Å². The van der Waals surface area contributed by atoms with Crippen LogP contribution in [0.4, 0.5) is 0 Å². The van der Waals surface area contributed by atoms with Crippen molar-refractivity contribution in [1.82, 2.24) is 4.90 Å². The first-order chi connectivity index (χ1) is 9.80. The first kappa shape index (κ1) is 15.4. The molecule has 21 heavy (non-hydrogen) atoms. The number of rotatable bonds is 5. The third kappa shape index (κ3) is 2.73. The van der Waals surface area contributed by atoms with E-state index in [0.29, 0.717) is 6.54 Å². The number of carbonyl (C=O) groups excluding carboxylic acids is 1. The Kier molecular flexibility index (Phi) is 3.94. The van der Waals surface area contributed by atoms with Crippen LogP contribution in [-0.4, -0.2) is 36.0 Å². The summed E-state index contributed by atoms with van der Waals surface area (Å²) in [5, 5.41) is 9.17. The largest absolute Gasteiger partial charge is 0.496 e. The van der Waals surface area contributed by atoms with E-state index in [1.807, 2.05) is 38.1 Å². The van der Waals surface area contributed by atoms with Gasteiger partial charge in [0.15, 0.2) is 0 Å². The van der Waals surface area contributed by atoms with Crippen molar-refractivity contribution < 1.29 is 19.4 Å². The molecule has 1 aromatic carbocycles. The van der Waals surface area contributed by atoms with Crippen molar-refractivity contribution in [3.63, 3.8) is 0 Å². The maximum atomic E-state index is 12.5. The number of carbonyl (C=O) groups is 2. The molecule has 1 aliphatic carbocycles. The predicted molar refractivity (Wildman–Crippen MR) is 77.9 cm³/mol. The fourth-order valence-electron chi connectivity index (χ4n) is 2.96. The summed E-state index contributed by atoms with van der Waals surface area (Å²) in [7, 11) is 3.28. The molecule has 2 rings (SSSR count). The lowest BCUT2D eigenvalue weighted by molar-refractivity contribution is -0.141. The van der Waals surface area contributed by atoms with E-state index in [1.54, 1.807) is 19.1 Å². The smallest absolute Gasteiger partial charge is 0.307 e. The lowest BCUT2D eigenvalue weighted by Gasteiger charge is -2.19. The van der Waals surface area contributed by atoms with Gasteiger partial charge in [0.2, 0.25) is 5.91 Å². The van der Waals surface area contributed by atoms with E-state index < -0.39 is 23.2 Å². The summed E-state index contributed by atoms with van der Waals surface area (Å²) in [5.41, 5.74) is 0.430. The number of methoxy groups -OCH3 is 1. The number of aliphatic carboxylic acids is 1. The van der Waals surface area contributed by atoms with E-state index in [2.05, 4.69) is 0 Å². The second kappa shape index (κ2) is 5.39. The van der Waals surface area contributed by atoms with E-state index in [4.69, 9.17) is 4.74 Å². The number of hydrogen-bond donors (Lipinski definition) is 1. The maximum Gasteiger partial charge on any atom is 0.307 e. The molecule has 0 saturated heterocycles. The van der Waals surface area contributed by atoms with Gasteiger partial charge in [-0.2, -0.15) is 0 Å². The van der Waals surface area contributed by atoms with Crippen LogP contribution in [0.3, 0.4) is 0 Å². The summed E-state index contributed by atoms with van der Waals surface area (Å²) in [6, 6.07) is 7.50. The van der Waals surface area contributed by atoms with Crippen molar-refractivity contribution in [1.29, 1.82) is 0 Å². The monoisotopic (exact) mass is 291 g/mol. The molecule has 1 saturated carbocycles. The molecule has 0 spiro atoms. The fraction of sp³-hybridized carbons (Fsp3) is 0.500. The molecule has 2 atom stereocenters. The third-order valence-electron chi connectivity index (χ3n) is 4.34. The van der Waals surface area contributed by atoms with Crippen LogP contribution in [0.1, 0.15) is 19.4 Å². The molecule has 0 unspecified atom stereocenters. The Labute approximate surface area is 124 Å². The zero-order valence-electron chi connectivity index (χ0n) is 12.8. The average Bonchev–Trinajstić information content (AvgIpc) is 3.01. The molecule has 0 bridgehead atoms. The van der Waals surface area contributed by atoms with Crippen molar-refractivity contribution in [3.05, 3.63) is 29.8 Å². The molecular formula is C16H21NO4. The van der Waals surface area contributed by atoms with Crippen molar-refractivity contribution >= 4 is 11.9 Å². The second-order valence-corrected chi connectivity index (χ2v) is 6.12. The molecule has 0 heterocycles. The van der Waals surface area contributed by atoms with Crippen LogP contribution in [0.25, 0.3) is 0 Å². The molecule has 5 nitrogen and oxygen atoms in total. The molecule has 1 aromatic rings. The standard InChI is InChI=1S/C16H21NO4/c1-16(2)12(13(16)15(19)20)14(18)17(3)9-10-7-5-6-8-11(10)21-4/h5-8,12-13H,9H2,1-4H3,(H,19,20)/t12-,13+/m1/s1. The SMILES string of the molecule is COc1ccccc1CN(C)C(=O)[C@H]1[C@@H](C(=O)O)C1(C)C. The molecule has 1 amide bonds. The summed E-state index contributed by atoms with van der Waals surface area (Å²) >= 11 is 0. The summed E-state index contributed by atoms with van der Waals surface area (Å²) in [6.45, 7) is 4.05. The van der Waals surface area contributed by atoms with Crippen LogP contribution in [0.15, 0.2) is 24.3 Å². The van der Waals surface area contributed by atoms with Gasteiger partial charge in [-0.15, -0.1) is 0 Å². The van der Waals surface area contributed by atoms with Crippen molar-refractivity contribution in [2.45, 2.75) is 20.4 Å². The van der Waals surface area contributed by atoms with E-state index in [0.717, 1.165) is 11.3 Å². The van der Waals surface area contributed by atoms with Gasteiger partial charge in [-0.3, -0.25) is 9.59 Å². The minimum atomic E-state index is -0.899. The van der Waals surface area contributed by atoms with E-state index >= 15 is 0 Å². The van der Waals surface area contributed by atoms with Crippen LogP contribution >= 0.6 is 0 Å². The Hall–Kier alpha value is -2.04. The maximum absolute atomic E-state index is 12.5. The lowest BCUT2D eigenvalue weighted by atomic mass is 10.1. The Morgan fingerprint density at radius 1 is 1.29 bits per heavy atom. The zero-order valence-corrected chi connectivity index (χ0v) is 12.8. The summed E-state index contributed by atoms with van der Waals surface area (Å²) in [5.74, 6) is -1.34. The van der Waals surface area contributed by atoms with E-state index in [1.165, 1.54) is 0 Å². The Morgan fingerprint density at radius 3 is 2.43 bits per heavy atom. The highest BCUT2D eigenvalue weighted by molar-refractivity contribution is 5.91. The Balaban J connectivity index is 2.09. The second-order valence-electron chi connectivity index (χ2n) is 6.12. The van der Waals surface area contributed by atoms with Gasteiger partial charge in [-0.25, -0.2) is 0 Å². The Morgan fingerprint density at radius 2 is 1.90 bits per heavy atom. The zero-order chi connectivity index (χ0) is 15.8. The molecule has 1 N–H and O–H groups in total. The average molecular weight is 291 g/mol. The lowest BCUT2D eigenvalue weighted by Crippen LogP contribution is -2.29. The number of ether oxygens (including phenoxy) is 1. The van der Waals surface area contributed by atoms with Crippen LogP contribution in [0.5, 0.6) is 5.75 Å². The fourth-order valence-corrected chi connectivity index (χ4v) is 2.96. The molecular weight excluding hydrogens is 270 g/mol. The first-order valence-corrected chi connectivity index (χ1v) is 6.90. The summed E-state index contributed by atoms with van der Waals surface area (Å²) in [6.07, 6.45) is 0. The number of nitrogens with zero attached hydrogens (tertiary/aromatic N) is 1. The molecule has 0 aromatic heterocycles. The van der Waals surface area contributed by atoms with Crippen molar-refractivity contribution in [2.24, 2.45) is 17.3 Å². The van der Waals surface area contributed by atoms with Crippen molar-refractivity contribution in [2.75, 3.05) is 14.2 Å². The molecule has 5 heteroatoms. The van der Waals surface area contributed by atoms with Crippen LogP contribution in [0, 0.1) is 17.3 Å². The number of para-hydroxylation sites is 1. The molecule has 114 valence electrons. The van der Waals surface area contributed by atoms with Crippen LogP contribution in [-0.2, 0) is 16.1 Å². The summed E-state index contributed by atoms with van der Waals surface area (Å²) in [4.78, 5) is 25.2. The number of benzene rings is 1. The highest BCUT2D eigenvalue weighted by atomic mass is 16.5. The first-order valence-electron chi connectivity index (χ1n) is 6.90. The number of carboxylic acid groups (broad SMARTS) is 1. The van der Waals surface area contributed by atoms with Crippen LogP contribution in [0.2, 0.25) is 0 Å². The van der Waals surface area contributed by atoms with E-state index in [9.17, 15) is 14.7 Å². The summed E-state index contributed by atoms with van der Waals surface area (Å²) < 4.78 is 5.27. The normalized spacial score (nSPS) is 22.5. The van der Waals surface area contributed by atoms with E-state index in [-0.39, 0.29) is 5.91 Å². The molecule has 1 fully saturated rings. The van der Waals surface area contributed by atoms with Gasteiger partial charge in [0.25, 0.3) is 0 Å². The quantitative estimate of drug-likeness (QED) is 0.901. The van der Waals surface area contributed by atoms with Crippen molar-refractivity contribution in [3.8, 4) is 5.75 Å². The highest BCUT2D eigenvalue weighted by Gasteiger charge is 2.66. The van der Waals surface area contributed by atoms with Gasteiger partial charge in [-0.1, -0.05) is 32.0 Å². The van der Waals surface area contributed by atoms with Crippen LogP contribution < -0.4 is 4.74 Å².